The summed E-state index contributed by atoms with van der Waals surface area (Å²) in [5, 5.41) is 20.8. The van der Waals surface area contributed by atoms with E-state index in [4.69, 9.17) is 14.2 Å². The molecule has 2 aromatic carbocycles. The number of imidazole rings is 1. The zero-order valence-electron chi connectivity index (χ0n) is 40.3. The molecule has 0 bridgehead atoms. The van der Waals surface area contributed by atoms with Gasteiger partial charge in [-0.2, -0.15) is 0 Å². The Labute approximate surface area is 410 Å². The lowest BCUT2D eigenvalue weighted by Crippen LogP contribution is -2.58. The van der Waals surface area contributed by atoms with Crippen LogP contribution in [0.15, 0.2) is 81.8 Å². The summed E-state index contributed by atoms with van der Waals surface area (Å²) in [4.78, 5) is 59.6. The molecule has 15 nitrogen and oxygen atoms in total. The fourth-order valence-electron chi connectivity index (χ4n) is 8.68. The summed E-state index contributed by atoms with van der Waals surface area (Å²) in [6.45, 7) is 18.0. The Kier molecular flexibility index (Phi) is 16.0. The topological polar surface area (TPSA) is 181 Å². The largest absolute Gasteiger partial charge is 0.391 e. The number of β-amino-alcohol motifs (C(OH)–C–C–N with tert-alkyl or cyclic N) is 1. The number of aromatic nitrogens is 5. The highest BCUT2D eigenvalue weighted by atomic mass is 79.9. The first-order valence-electron chi connectivity index (χ1n) is 23.0. The summed E-state index contributed by atoms with van der Waals surface area (Å²) in [6.07, 6.45) is 7.21. The highest BCUT2D eigenvalue weighted by Crippen LogP contribution is 2.37. The summed E-state index contributed by atoms with van der Waals surface area (Å²) in [5.41, 5.74) is 11.4. The molecule has 1 aliphatic rings. The molecule has 1 saturated heterocycles. The fraction of sp³-hybridized carbons (Fsp3) is 0.431. The van der Waals surface area contributed by atoms with E-state index in [0.29, 0.717) is 19.6 Å². The molecule has 5 heterocycles. The van der Waals surface area contributed by atoms with E-state index in [1.165, 1.54) is 4.90 Å². The predicted molar refractivity (Wildman–Crippen MR) is 268 cm³/mol. The van der Waals surface area contributed by atoms with Gasteiger partial charge in [0, 0.05) is 59.8 Å². The number of carbonyl (C=O) groups is 3. The SMILES string of the molecule is Cc1cn(-c2ccc(N(CCCCCOCC(=O)N[C@H](C(=O)N3C[C@H](O)C[C@H]3C(=O)N[C@@H](C)c3ccc(-c4scnc4C)cc3)C(C)(C)C)c3cc(-c4c(C)noc4C)cnc3C)cc2Br)cn1. The summed E-state index contributed by atoms with van der Waals surface area (Å²) in [7, 11) is 0. The molecule has 3 N–H and O–H groups in total. The van der Waals surface area contributed by atoms with Gasteiger partial charge < -0.3 is 39.4 Å². The molecule has 1 fully saturated rings. The van der Waals surface area contributed by atoms with Crippen LogP contribution in [0, 0.1) is 40.0 Å². The van der Waals surface area contributed by atoms with E-state index in [0.717, 1.165) is 90.0 Å². The highest BCUT2D eigenvalue weighted by Gasteiger charge is 2.44. The standard InChI is InChI=1S/C51H62BrN9O6S/c1-30-25-59(28-54-30)42-18-17-39(22-41(42)52)60(43-21-38(24-53-32(43)3)46-33(4)58-67-35(46)6)19-11-10-12-20-66-27-45(63)57-48(51(7,8)9)50(65)61-26-40(62)23-44(61)49(64)56-31(2)36-13-15-37(16-14-36)47-34(5)55-29-68-47/h13-18,21-22,24-25,28-29,31,40,44,48,62H,10-12,19-20,23,26-27H2,1-9H3,(H,56,64)(H,57,63)/t31-,40+,44-,48+/m0/s1. The van der Waals surface area contributed by atoms with Crippen LogP contribution in [0.25, 0.3) is 27.3 Å². The Bertz CT molecular complexity index is 2710. The second kappa shape index (κ2) is 21.7. The number of unbranched alkanes of at least 4 members (excludes halogenated alkanes) is 2. The molecule has 360 valence electrons. The van der Waals surface area contributed by atoms with Gasteiger partial charge in [0.25, 0.3) is 0 Å². The van der Waals surface area contributed by atoms with Gasteiger partial charge in [-0.3, -0.25) is 19.4 Å². The number of amides is 3. The number of thiazole rings is 1. The van der Waals surface area contributed by atoms with E-state index in [9.17, 15) is 19.5 Å². The Morgan fingerprint density at radius 2 is 1.72 bits per heavy atom. The van der Waals surface area contributed by atoms with Gasteiger partial charge in [0.15, 0.2) is 0 Å². The summed E-state index contributed by atoms with van der Waals surface area (Å²) < 4.78 is 14.3. The number of likely N-dealkylation sites (tertiary alicyclic amines) is 1. The average molecular weight is 1010 g/mol. The lowest BCUT2D eigenvalue weighted by Gasteiger charge is -2.35. The minimum absolute atomic E-state index is 0.0128. The van der Waals surface area contributed by atoms with Gasteiger partial charge >= 0.3 is 0 Å². The molecular formula is C51H62BrN9O6S. The molecule has 4 atom stereocenters. The molecule has 17 heteroatoms. The van der Waals surface area contributed by atoms with Crippen LogP contribution >= 0.6 is 27.3 Å². The molecule has 0 saturated carbocycles. The minimum Gasteiger partial charge on any atom is -0.391 e. The molecule has 68 heavy (non-hydrogen) atoms. The number of anilines is 2. The molecule has 0 spiro atoms. The third-order valence-corrected chi connectivity index (χ3v) is 14.0. The maximum atomic E-state index is 14.2. The van der Waals surface area contributed by atoms with Gasteiger partial charge in [-0.05, 0) is 118 Å². The van der Waals surface area contributed by atoms with Crippen molar-refractivity contribution in [1.82, 2.24) is 40.2 Å². The van der Waals surface area contributed by atoms with Crippen LogP contribution in [0.2, 0.25) is 0 Å². The normalized spacial score (nSPS) is 15.9. The van der Waals surface area contributed by atoms with Crippen LogP contribution < -0.4 is 15.5 Å². The van der Waals surface area contributed by atoms with Crippen molar-refractivity contribution in [1.29, 1.82) is 0 Å². The van der Waals surface area contributed by atoms with E-state index < -0.39 is 35.4 Å². The van der Waals surface area contributed by atoms with Crippen LogP contribution in [0.5, 0.6) is 0 Å². The zero-order valence-corrected chi connectivity index (χ0v) is 42.7. The number of rotatable bonds is 18. The number of carbonyl (C=O) groups excluding carboxylic acids is 3. The molecule has 4 aromatic heterocycles. The van der Waals surface area contributed by atoms with Crippen molar-refractivity contribution in [2.75, 3.05) is 31.2 Å². The summed E-state index contributed by atoms with van der Waals surface area (Å²) in [5.74, 6) is -0.491. The lowest BCUT2D eigenvalue weighted by atomic mass is 9.85. The van der Waals surface area contributed by atoms with Gasteiger partial charge in [-0.25, -0.2) is 9.97 Å². The molecule has 3 amide bonds. The lowest BCUT2D eigenvalue weighted by molar-refractivity contribution is -0.144. The van der Waals surface area contributed by atoms with Crippen molar-refractivity contribution in [3.05, 3.63) is 111 Å². The fourth-order valence-corrected chi connectivity index (χ4v) is 10.1. The van der Waals surface area contributed by atoms with Crippen molar-refractivity contribution in [3.63, 3.8) is 0 Å². The quantitative estimate of drug-likeness (QED) is 0.0700. The first-order valence-corrected chi connectivity index (χ1v) is 24.7. The summed E-state index contributed by atoms with van der Waals surface area (Å²) >= 11 is 5.39. The van der Waals surface area contributed by atoms with E-state index in [-0.39, 0.29) is 31.5 Å². The summed E-state index contributed by atoms with van der Waals surface area (Å²) in [6, 6.07) is 14.2. The Hall–Kier alpha value is -5.75. The smallest absolute Gasteiger partial charge is 0.246 e. The Balaban J connectivity index is 0.936. The van der Waals surface area contributed by atoms with E-state index in [1.807, 2.05) is 109 Å². The van der Waals surface area contributed by atoms with E-state index in [2.05, 4.69) is 70.9 Å². The molecule has 0 aliphatic carbocycles. The maximum absolute atomic E-state index is 14.2. The van der Waals surface area contributed by atoms with Crippen molar-refractivity contribution in [3.8, 4) is 27.3 Å². The van der Waals surface area contributed by atoms with Gasteiger partial charge in [0.2, 0.25) is 17.7 Å². The Morgan fingerprint density at radius 1 is 0.956 bits per heavy atom. The number of ether oxygens (including phenoxy) is 1. The van der Waals surface area contributed by atoms with Crippen molar-refractivity contribution in [2.24, 2.45) is 5.41 Å². The molecule has 0 unspecified atom stereocenters. The minimum atomic E-state index is -0.961. The van der Waals surface area contributed by atoms with Crippen LogP contribution in [0.3, 0.4) is 0 Å². The number of pyridine rings is 1. The number of benzene rings is 2. The number of aryl methyl sites for hydroxylation is 5. The van der Waals surface area contributed by atoms with Crippen LogP contribution in [0.4, 0.5) is 11.4 Å². The average Bonchev–Trinajstić information content (AvgIpc) is 4.11. The first-order chi connectivity index (χ1) is 32.4. The van der Waals surface area contributed by atoms with Gasteiger partial charge in [-0.1, -0.05) is 50.2 Å². The number of hydrogen-bond acceptors (Lipinski definition) is 12. The van der Waals surface area contributed by atoms with E-state index in [1.54, 1.807) is 17.7 Å². The van der Waals surface area contributed by atoms with Crippen LogP contribution in [-0.4, -0.2) is 96.9 Å². The van der Waals surface area contributed by atoms with Gasteiger partial charge in [0.1, 0.15) is 24.5 Å². The highest BCUT2D eigenvalue weighted by molar-refractivity contribution is 9.10. The van der Waals surface area contributed by atoms with Gasteiger partial charge in [-0.15, -0.1) is 11.3 Å². The number of hydrogen-bond donors (Lipinski definition) is 3. The number of nitrogens with zero attached hydrogens (tertiary/aromatic N) is 7. The monoisotopic (exact) mass is 1010 g/mol. The first kappa shape index (κ1) is 50.1. The zero-order chi connectivity index (χ0) is 48.9. The molecule has 6 aromatic rings. The maximum Gasteiger partial charge on any atom is 0.246 e. The molecule has 7 rings (SSSR count). The Morgan fingerprint density at radius 3 is 2.37 bits per heavy atom. The predicted octanol–water partition coefficient (Wildman–Crippen LogP) is 9.05. The second-order valence-corrected chi connectivity index (χ2v) is 20.4. The number of halogens is 1. The third kappa shape index (κ3) is 11.7. The van der Waals surface area contributed by atoms with Crippen LogP contribution in [0.1, 0.15) is 93.5 Å². The van der Waals surface area contributed by atoms with Crippen molar-refractivity contribution >= 4 is 56.4 Å². The molecule has 1 aliphatic heterocycles. The van der Waals surface area contributed by atoms with Crippen molar-refractivity contribution < 1.29 is 28.8 Å². The van der Waals surface area contributed by atoms with Gasteiger partial charge in [0.05, 0.1) is 63.0 Å². The number of aliphatic hydroxyl groups excluding tert-OH is 1. The van der Waals surface area contributed by atoms with E-state index >= 15 is 0 Å². The van der Waals surface area contributed by atoms with Crippen molar-refractivity contribution in [2.45, 2.75) is 112 Å². The number of aliphatic hydroxyl groups is 1. The van der Waals surface area contributed by atoms with Crippen LogP contribution in [-0.2, 0) is 19.1 Å². The molecule has 0 radical (unpaired) electrons. The second-order valence-electron chi connectivity index (χ2n) is 18.7. The number of nitrogens with one attached hydrogen (secondary N) is 2. The molecular weight excluding hydrogens is 947 g/mol. The third-order valence-electron chi connectivity index (χ3n) is 12.4.